The van der Waals surface area contributed by atoms with Crippen LogP contribution < -0.4 is 5.32 Å². The first-order chi connectivity index (χ1) is 15.3. The summed E-state index contributed by atoms with van der Waals surface area (Å²) in [5, 5.41) is 11.6. The maximum atomic E-state index is 13.5. The molecular weight excluding hydrogens is 421 g/mol. The molecule has 1 amide bonds. The number of carbonyl (C=O) groups is 1. The summed E-state index contributed by atoms with van der Waals surface area (Å²) in [6.45, 7) is 4.41. The highest BCUT2D eigenvalue weighted by atomic mass is 19.4. The number of nitrogens with one attached hydrogen (secondary N) is 1. The van der Waals surface area contributed by atoms with Crippen LogP contribution in [0, 0.1) is 6.92 Å². The molecule has 168 valence electrons. The number of amides is 1. The van der Waals surface area contributed by atoms with Gasteiger partial charge in [0.15, 0.2) is 0 Å². The summed E-state index contributed by atoms with van der Waals surface area (Å²) in [4.78, 5) is 20.7. The van der Waals surface area contributed by atoms with E-state index in [0.717, 1.165) is 30.7 Å². The van der Waals surface area contributed by atoms with Crippen molar-refractivity contribution in [1.29, 1.82) is 0 Å². The van der Waals surface area contributed by atoms with Crippen LogP contribution in [0.2, 0.25) is 0 Å². The molecule has 7 nitrogen and oxygen atoms in total. The number of benzene rings is 1. The third-order valence-electron chi connectivity index (χ3n) is 5.76. The number of nitrogens with zero attached hydrogens (tertiary/aromatic N) is 5. The molecule has 1 N–H and O–H groups in total. The van der Waals surface area contributed by atoms with Gasteiger partial charge in [-0.25, -0.2) is 4.98 Å². The Balaban J connectivity index is 1.55. The number of pyridine rings is 1. The highest BCUT2D eigenvalue weighted by Crippen LogP contribution is 2.30. The Morgan fingerprint density at radius 2 is 1.91 bits per heavy atom. The molecule has 0 bridgehead atoms. The largest absolute Gasteiger partial charge is 0.417 e. The first-order valence-electron chi connectivity index (χ1n) is 10.3. The third kappa shape index (κ3) is 4.30. The minimum absolute atomic E-state index is 0.139. The lowest BCUT2D eigenvalue weighted by Gasteiger charge is -2.40. The van der Waals surface area contributed by atoms with Crippen LogP contribution in [0.1, 0.15) is 41.3 Å². The zero-order valence-corrected chi connectivity index (χ0v) is 17.7. The predicted molar refractivity (Wildman–Crippen MR) is 112 cm³/mol. The SMILES string of the molecule is Cc1cccc(C(=O)N2CCCC(Nc3ccc(C(F)(F)F)cn3)C2C)c1-n1nccn1. The minimum atomic E-state index is -4.43. The Hall–Kier alpha value is -3.43. The molecule has 1 saturated heterocycles. The monoisotopic (exact) mass is 444 g/mol. The number of carbonyl (C=O) groups excluding carboxylic acids is 1. The van der Waals surface area contributed by atoms with Crippen LogP contribution in [-0.2, 0) is 6.18 Å². The van der Waals surface area contributed by atoms with E-state index in [0.29, 0.717) is 23.6 Å². The van der Waals surface area contributed by atoms with E-state index in [9.17, 15) is 18.0 Å². The average molecular weight is 444 g/mol. The van der Waals surface area contributed by atoms with Gasteiger partial charge in [0.25, 0.3) is 5.91 Å². The smallest absolute Gasteiger partial charge is 0.365 e. The van der Waals surface area contributed by atoms with Gasteiger partial charge in [-0.15, -0.1) is 0 Å². The lowest BCUT2D eigenvalue weighted by molar-refractivity contribution is -0.137. The molecule has 0 radical (unpaired) electrons. The van der Waals surface area contributed by atoms with Crippen molar-refractivity contribution < 1.29 is 18.0 Å². The molecule has 2 aromatic heterocycles. The van der Waals surface area contributed by atoms with Crippen molar-refractivity contribution in [3.05, 3.63) is 65.6 Å². The quantitative estimate of drug-likeness (QED) is 0.656. The second-order valence-corrected chi connectivity index (χ2v) is 7.85. The van der Waals surface area contributed by atoms with Crippen molar-refractivity contribution in [2.24, 2.45) is 0 Å². The molecule has 32 heavy (non-hydrogen) atoms. The molecule has 0 spiro atoms. The van der Waals surface area contributed by atoms with Crippen molar-refractivity contribution in [3.63, 3.8) is 0 Å². The number of piperidine rings is 1. The van der Waals surface area contributed by atoms with E-state index in [2.05, 4.69) is 20.5 Å². The van der Waals surface area contributed by atoms with Crippen LogP contribution in [0.4, 0.5) is 19.0 Å². The van der Waals surface area contributed by atoms with Crippen LogP contribution in [0.15, 0.2) is 48.9 Å². The van der Waals surface area contributed by atoms with Crippen molar-refractivity contribution >= 4 is 11.7 Å². The molecule has 4 rings (SSSR count). The zero-order chi connectivity index (χ0) is 22.9. The fourth-order valence-corrected chi connectivity index (χ4v) is 4.04. The number of hydrogen-bond donors (Lipinski definition) is 1. The molecule has 2 atom stereocenters. The van der Waals surface area contributed by atoms with Crippen molar-refractivity contribution in [1.82, 2.24) is 24.9 Å². The lowest BCUT2D eigenvalue weighted by atomic mass is 9.95. The molecule has 1 aliphatic rings. The van der Waals surface area contributed by atoms with Gasteiger partial charge >= 0.3 is 6.18 Å². The summed E-state index contributed by atoms with van der Waals surface area (Å²) in [6.07, 6.45) is 1.03. The van der Waals surface area contributed by atoms with E-state index >= 15 is 0 Å². The number of anilines is 1. The highest BCUT2D eigenvalue weighted by molar-refractivity contribution is 5.98. The van der Waals surface area contributed by atoms with E-state index in [1.165, 1.54) is 10.9 Å². The number of rotatable bonds is 4. The van der Waals surface area contributed by atoms with Gasteiger partial charge in [-0.3, -0.25) is 4.79 Å². The molecule has 2 unspecified atom stereocenters. The second-order valence-electron chi connectivity index (χ2n) is 7.85. The number of para-hydroxylation sites is 1. The van der Waals surface area contributed by atoms with Crippen LogP contribution in [-0.4, -0.2) is 49.4 Å². The van der Waals surface area contributed by atoms with Gasteiger partial charge in [-0.05, 0) is 50.5 Å². The molecular formula is C22H23F3N6O. The summed E-state index contributed by atoms with van der Waals surface area (Å²) in [5.74, 6) is 0.210. The number of hydrogen-bond acceptors (Lipinski definition) is 5. The highest BCUT2D eigenvalue weighted by Gasteiger charge is 2.34. The van der Waals surface area contributed by atoms with E-state index in [1.54, 1.807) is 23.4 Å². The Bertz CT molecular complexity index is 1080. The fourth-order valence-electron chi connectivity index (χ4n) is 4.04. The van der Waals surface area contributed by atoms with Crippen LogP contribution >= 0.6 is 0 Å². The van der Waals surface area contributed by atoms with Gasteiger partial charge in [0.05, 0.1) is 23.5 Å². The molecule has 0 aliphatic carbocycles. The molecule has 1 fully saturated rings. The van der Waals surface area contributed by atoms with E-state index in [4.69, 9.17) is 0 Å². The second kappa shape index (κ2) is 8.60. The van der Waals surface area contributed by atoms with Gasteiger partial charge < -0.3 is 10.2 Å². The summed E-state index contributed by atoms with van der Waals surface area (Å²) in [7, 11) is 0. The Morgan fingerprint density at radius 3 is 2.56 bits per heavy atom. The maximum absolute atomic E-state index is 13.5. The maximum Gasteiger partial charge on any atom is 0.417 e. The Labute approximate surface area is 183 Å². The predicted octanol–water partition coefficient (Wildman–Crippen LogP) is 4.09. The van der Waals surface area contributed by atoms with Crippen molar-refractivity contribution in [3.8, 4) is 5.69 Å². The fraction of sp³-hybridized carbons (Fsp3) is 0.364. The number of aromatic nitrogens is 4. The Morgan fingerprint density at radius 1 is 1.16 bits per heavy atom. The van der Waals surface area contributed by atoms with Crippen molar-refractivity contribution in [2.75, 3.05) is 11.9 Å². The Kier molecular flexibility index (Phi) is 5.86. The van der Waals surface area contributed by atoms with E-state index in [1.807, 2.05) is 26.0 Å². The van der Waals surface area contributed by atoms with E-state index in [-0.39, 0.29) is 18.0 Å². The third-order valence-corrected chi connectivity index (χ3v) is 5.76. The lowest BCUT2D eigenvalue weighted by Crippen LogP contribution is -2.52. The molecule has 3 aromatic rings. The number of halogens is 3. The first-order valence-corrected chi connectivity index (χ1v) is 10.3. The molecule has 0 saturated carbocycles. The molecule has 3 heterocycles. The summed E-state index contributed by atoms with van der Waals surface area (Å²) < 4.78 is 38.4. The van der Waals surface area contributed by atoms with Crippen LogP contribution in [0.3, 0.4) is 0 Å². The van der Waals surface area contributed by atoms with E-state index < -0.39 is 11.7 Å². The van der Waals surface area contributed by atoms with Gasteiger partial charge in [0, 0.05) is 24.8 Å². The van der Waals surface area contributed by atoms with Gasteiger partial charge in [0.2, 0.25) is 0 Å². The summed E-state index contributed by atoms with van der Waals surface area (Å²) in [6, 6.07) is 7.46. The first kappa shape index (κ1) is 21.8. The van der Waals surface area contributed by atoms with Gasteiger partial charge in [0.1, 0.15) is 11.5 Å². The van der Waals surface area contributed by atoms with Crippen LogP contribution in [0.25, 0.3) is 5.69 Å². The minimum Gasteiger partial charge on any atom is -0.365 e. The normalized spacial score (nSPS) is 19.1. The number of aryl methyl sites for hydroxylation is 1. The zero-order valence-electron chi connectivity index (χ0n) is 17.7. The molecule has 10 heteroatoms. The standard InChI is InChI=1S/C22H23F3N6O/c1-14-5-3-6-17(20(14)31-27-10-11-28-31)21(32)30-12-4-7-18(15(30)2)29-19-9-8-16(13-26-19)22(23,24)25/h3,5-6,8-11,13,15,18H,4,7,12H2,1-2H3,(H,26,29). The number of alkyl halides is 3. The van der Waals surface area contributed by atoms with Crippen LogP contribution in [0.5, 0.6) is 0 Å². The summed E-state index contributed by atoms with van der Waals surface area (Å²) in [5.41, 5.74) is 1.21. The summed E-state index contributed by atoms with van der Waals surface area (Å²) >= 11 is 0. The molecule has 1 aromatic carbocycles. The number of likely N-dealkylation sites (tertiary alicyclic amines) is 1. The van der Waals surface area contributed by atoms with Gasteiger partial charge in [-0.2, -0.15) is 28.2 Å². The van der Waals surface area contributed by atoms with Gasteiger partial charge in [-0.1, -0.05) is 12.1 Å². The topological polar surface area (TPSA) is 75.9 Å². The van der Waals surface area contributed by atoms with Crippen molar-refractivity contribution in [2.45, 2.75) is 44.9 Å². The molecule has 1 aliphatic heterocycles. The average Bonchev–Trinajstić information content (AvgIpc) is 3.29.